The summed E-state index contributed by atoms with van der Waals surface area (Å²) in [5.41, 5.74) is -1.28. The summed E-state index contributed by atoms with van der Waals surface area (Å²) >= 11 is 0. The summed E-state index contributed by atoms with van der Waals surface area (Å²) in [6.45, 7) is 2.23. The van der Waals surface area contributed by atoms with Gasteiger partial charge >= 0.3 is 5.97 Å². The Morgan fingerprint density at radius 3 is 2.29 bits per heavy atom. The van der Waals surface area contributed by atoms with Crippen LogP contribution in [0.4, 0.5) is 18.9 Å². The number of carboxylic acid groups (broad SMARTS) is 1. The molecule has 2 aromatic carbocycles. The topological polar surface area (TPSA) is 65.8 Å². The van der Waals surface area contributed by atoms with Gasteiger partial charge in [-0.3, -0.25) is 4.79 Å². The summed E-state index contributed by atoms with van der Waals surface area (Å²) in [6.07, 6.45) is 1.05. The molecule has 1 saturated heterocycles. The molecule has 1 aliphatic heterocycles. The Balaban J connectivity index is 1.92. The molecule has 2 heterocycles. The minimum atomic E-state index is -1.50. The van der Waals surface area contributed by atoms with E-state index in [1.807, 2.05) is 11.9 Å². The Bertz CT molecular complexity index is 1210. The van der Waals surface area contributed by atoms with Crippen molar-refractivity contribution in [3.8, 4) is 0 Å². The molecule has 162 valence electrons. The monoisotopic (exact) mass is 431 g/mol. The Kier molecular flexibility index (Phi) is 5.45. The Morgan fingerprint density at radius 2 is 1.68 bits per heavy atom. The highest BCUT2D eigenvalue weighted by Crippen LogP contribution is 2.27. The van der Waals surface area contributed by atoms with Crippen LogP contribution in [-0.4, -0.2) is 53.8 Å². The SMILES string of the molecule is CN1CCN(c2cc3c(cc2F)c(=O)c(C(=O)O)cn3Cc2c(F)cccc2F)CC1. The van der Waals surface area contributed by atoms with Gasteiger partial charge in [-0.2, -0.15) is 0 Å². The van der Waals surface area contributed by atoms with Crippen molar-refractivity contribution in [2.75, 3.05) is 38.1 Å². The molecule has 1 aromatic heterocycles. The molecule has 3 aromatic rings. The standard InChI is InChI=1S/C22H20F3N3O3/c1-26-5-7-27(8-6-26)20-10-19-13(9-18(20)25)21(29)15(22(30)31)12-28(19)11-14-16(23)3-2-4-17(14)24/h2-4,9-10,12H,5-8,11H2,1H3,(H,30,31). The molecule has 0 radical (unpaired) electrons. The average molecular weight is 431 g/mol. The van der Waals surface area contributed by atoms with Crippen molar-refractivity contribution in [2.24, 2.45) is 0 Å². The Hall–Kier alpha value is -3.33. The lowest BCUT2D eigenvalue weighted by atomic mass is 10.1. The summed E-state index contributed by atoms with van der Waals surface area (Å²) in [5.74, 6) is -3.76. The second-order valence-corrected chi connectivity index (χ2v) is 7.62. The molecule has 9 heteroatoms. The molecule has 1 N–H and O–H groups in total. The third-order valence-electron chi connectivity index (χ3n) is 5.61. The number of likely N-dealkylation sites (N-methyl/N-ethyl adjacent to an activating group) is 1. The van der Waals surface area contributed by atoms with E-state index in [1.54, 1.807) is 0 Å². The van der Waals surface area contributed by atoms with E-state index in [0.29, 0.717) is 13.1 Å². The van der Waals surface area contributed by atoms with E-state index in [2.05, 4.69) is 4.90 Å². The molecule has 1 fully saturated rings. The fourth-order valence-electron chi connectivity index (χ4n) is 3.83. The van der Waals surface area contributed by atoms with Crippen LogP contribution >= 0.6 is 0 Å². The van der Waals surface area contributed by atoms with Crippen LogP contribution in [0.25, 0.3) is 10.9 Å². The predicted molar refractivity (Wildman–Crippen MR) is 110 cm³/mol. The summed E-state index contributed by atoms with van der Waals surface area (Å²) in [5, 5.41) is 9.25. The van der Waals surface area contributed by atoms with E-state index in [1.165, 1.54) is 16.7 Å². The predicted octanol–water partition coefficient (Wildman–Crippen LogP) is 2.92. The van der Waals surface area contributed by atoms with Crippen LogP contribution in [0.1, 0.15) is 15.9 Å². The van der Waals surface area contributed by atoms with Crippen molar-refractivity contribution in [2.45, 2.75) is 6.54 Å². The van der Waals surface area contributed by atoms with Crippen LogP contribution in [0, 0.1) is 17.5 Å². The Morgan fingerprint density at radius 1 is 1.03 bits per heavy atom. The Labute approximate surface area is 175 Å². The van der Waals surface area contributed by atoms with E-state index < -0.39 is 34.4 Å². The molecule has 6 nitrogen and oxygen atoms in total. The summed E-state index contributed by atoms with van der Waals surface area (Å²) in [6, 6.07) is 5.86. The van der Waals surface area contributed by atoms with Gasteiger partial charge < -0.3 is 19.5 Å². The van der Waals surface area contributed by atoms with Crippen molar-refractivity contribution < 1.29 is 23.1 Å². The van der Waals surface area contributed by atoms with Gasteiger partial charge in [0.05, 0.1) is 17.7 Å². The number of carboxylic acids is 1. The molecule has 1 aliphatic rings. The average Bonchev–Trinajstić information content (AvgIpc) is 2.72. The quantitative estimate of drug-likeness (QED) is 0.688. The number of hydrogen-bond donors (Lipinski definition) is 1. The minimum absolute atomic E-state index is 0.160. The van der Waals surface area contributed by atoms with Crippen molar-refractivity contribution in [1.82, 2.24) is 9.47 Å². The van der Waals surface area contributed by atoms with Gasteiger partial charge in [0.1, 0.15) is 23.0 Å². The molecule has 0 amide bonds. The van der Waals surface area contributed by atoms with E-state index in [9.17, 15) is 27.9 Å². The number of aromatic carboxylic acids is 1. The molecular weight excluding hydrogens is 411 g/mol. The van der Waals surface area contributed by atoms with Gasteiger partial charge in [-0.05, 0) is 31.3 Å². The van der Waals surface area contributed by atoms with Crippen molar-refractivity contribution in [3.05, 3.63) is 75.3 Å². The maximum Gasteiger partial charge on any atom is 0.341 e. The molecule has 0 aliphatic carbocycles. The van der Waals surface area contributed by atoms with Crippen LogP contribution in [0.3, 0.4) is 0 Å². The number of rotatable bonds is 4. The first kappa shape index (κ1) is 20.9. The normalized spacial score (nSPS) is 14.9. The highest BCUT2D eigenvalue weighted by molar-refractivity contribution is 5.93. The molecule has 0 saturated carbocycles. The van der Waals surface area contributed by atoms with Crippen LogP contribution in [0.2, 0.25) is 0 Å². The highest BCUT2D eigenvalue weighted by Gasteiger charge is 2.22. The number of piperazine rings is 1. The smallest absolute Gasteiger partial charge is 0.341 e. The van der Waals surface area contributed by atoms with Gasteiger partial charge in [-0.15, -0.1) is 0 Å². The number of fused-ring (bicyclic) bond motifs is 1. The highest BCUT2D eigenvalue weighted by atomic mass is 19.1. The summed E-state index contributed by atoms with van der Waals surface area (Å²) in [7, 11) is 1.96. The van der Waals surface area contributed by atoms with E-state index in [4.69, 9.17) is 0 Å². The fraction of sp³-hybridized carbons (Fsp3) is 0.273. The molecule has 0 atom stereocenters. The zero-order chi connectivity index (χ0) is 22.3. The first-order valence-electron chi connectivity index (χ1n) is 9.72. The van der Waals surface area contributed by atoms with Crippen molar-refractivity contribution in [1.29, 1.82) is 0 Å². The number of nitrogens with zero attached hydrogens (tertiary/aromatic N) is 3. The molecule has 0 spiro atoms. The maximum absolute atomic E-state index is 14.9. The van der Waals surface area contributed by atoms with Gasteiger partial charge in [0.25, 0.3) is 0 Å². The van der Waals surface area contributed by atoms with Gasteiger partial charge in [0.2, 0.25) is 5.43 Å². The number of aromatic nitrogens is 1. The first-order valence-corrected chi connectivity index (χ1v) is 9.72. The van der Waals surface area contributed by atoms with E-state index in [-0.39, 0.29) is 28.7 Å². The van der Waals surface area contributed by atoms with Crippen LogP contribution < -0.4 is 10.3 Å². The number of anilines is 1. The lowest BCUT2D eigenvalue weighted by Gasteiger charge is -2.34. The molecular formula is C22H20F3N3O3. The van der Waals surface area contributed by atoms with Crippen LogP contribution in [0.5, 0.6) is 0 Å². The van der Waals surface area contributed by atoms with Crippen molar-refractivity contribution in [3.63, 3.8) is 0 Å². The molecule has 4 rings (SSSR count). The second kappa shape index (κ2) is 8.07. The number of benzene rings is 2. The lowest BCUT2D eigenvalue weighted by molar-refractivity contribution is 0.0695. The zero-order valence-corrected chi connectivity index (χ0v) is 16.7. The largest absolute Gasteiger partial charge is 0.477 e. The van der Waals surface area contributed by atoms with Gasteiger partial charge in [-0.1, -0.05) is 6.07 Å². The van der Waals surface area contributed by atoms with Gasteiger partial charge in [0, 0.05) is 43.3 Å². The van der Waals surface area contributed by atoms with Crippen LogP contribution in [0.15, 0.2) is 41.3 Å². The van der Waals surface area contributed by atoms with Crippen LogP contribution in [-0.2, 0) is 6.54 Å². The number of hydrogen-bond acceptors (Lipinski definition) is 4. The number of carbonyl (C=O) groups is 1. The lowest BCUT2D eigenvalue weighted by Crippen LogP contribution is -2.44. The van der Waals surface area contributed by atoms with E-state index in [0.717, 1.165) is 37.5 Å². The second-order valence-electron chi connectivity index (χ2n) is 7.62. The number of pyridine rings is 1. The fourth-order valence-corrected chi connectivity index (χ4v) is 3.83. The molecule has 0 unspecified atom stereocenters. The van der Waals surface area contributed by atoms with Gasteiger partial charge in [0.15, 0.2) is 0 Å². The molecule has 0 bridgehead atoms. The molecule has 31 heavy (non-hydrogen) atoms. The first-order chi connectivity index (χ1) is 14.8. The zero-order valence-electron chi connectivity index (χ0n) is 16.7. The summed E-state index contributed by atoms with van der Waals surface area (Å²) in [4.78, 5) is 28.2. The minimum Gasteiger partial charge on any atom is -0.477 e. The van der Waals surface area contributed by atoms with E-state index >= 15 is 0 Å². The third kappa shape index (κ3) is 3.88. The van der Waals surface area contributed by atoms with Gasteiger partial charge in [-0.25, -0.2) is 18.0 Å². The summed E-state index contributed by atoms with van der Waals surface area (Å²) < 4.78 is 44.7. The van der Waals surface area contributed by atoms with Crippen molar-refractivity contribution >= 4 is 22.6 Å². The third-order valence-corrected chi connectivity index (χ3v) is 5.61. The number of halogens is 3. The maximum atomic E-state index is 14.9.